The van der Waals surface area contributed by atoms with Crippen molar-refractivity contribution in [1.82, 2.24) is 0 Å². The zero-order valence-corrected chi connectivity index (χ0v) is 12.4. The Labute approximate surface area is 130 Å². The summed E-state index contributed by atoms with van der Waals surface area (Å²) in [5.41, 5.74) is 0.947. The van der Waals surface area contributed by atoms with Crippen LogP contribution in [0.5, 0.6) is 11.5 Å². The van der Waals surface area contributed by atoms with Crippen LogP contribution in [-0.4, -0.2) is 13.7 Å². The van der Waals surface area contributed by atoms with Gasteiger partial charge in [0.2, 0.25) is 0 Å². The fourth-order valence-electron chi connectivity index (χ4n) is 2.25. The summed E-state index contributed by atoms with van der Waals surface area (Å²) in [4.78, 5) is 0. The first-order chi connectivity index (χ1) is 10.9. The highest BCUT2D eigenvalue weighted by molar-refractivity contribution is 5.88. The maximum Gasteiger partial charge on any atom is 0.149 e. The first-order valence-electron chi connectivity index (χ1n) is 7.10. The van der Waals surface area contributed by atoms with E-state index in [0.29, 0.717) is 6.61 Å². The fourth-order valence-corrected chi connectivity index (χ4v) is 2.25. The number of benzene rings is 3. The number of hydrogen-bond donors (Lipinski definition) is 0. The van der Waals surface area contributed by atoms with Gasteiger partial charge in [-0.15, -0.1) is 0 Å². The van der Waals surface area contributed by atoms with Crippen molar-refractivity contribution in [3.05, 3.63) is 72.3 Å². The molecule has 0 spiro atoms. The largest absolute Gasteiger partial charge is 0.497 e. The van der Waals surface area contributed by atoms with Crippen molar-refractivity contribution in [2.45, 2.75) is 0 Å². The maximum atomic E-state index is 5.79. The predicted octanol–water partition coefficient (Wildman–Crippen LogP) is 4.28. The van der Waals surface area contributed by atoms with E-state index in [-0.39, 0.29) is 0 Å². The third-order valence-electron chi connectivity index (χ3n) is 3.37. The minimum absolute atomic E-state index is 0.361. The molecule has 0 atom stereocenters. The molecular weight excluding hydrogens is 272 g/mol. The second kappa shape index (κ2) is 6.69. The van der Waals surface area contributed by atoms with E-state index in [1.54, 1.807) is 7.11 Å². The highest BCUT2D eigenvalue weighted by atomic mass is 16.5. The molecule has 2 nitrogen and oxygen atoms in total. The van der Waals surface area contributed by atoms with Gasteiger partial charge in [0.1, 0.15) is 18.1 Å². The molecular formula is C20H16O2. The predicted molar refractivity (Wildman–Crippen MR) is 89.3 cm³/mol. The summed E-state index contributed by atoms with van der Waals surface area (Å²) in [7, 11) is 1.65. The molecule has 0 N–H and O–H groups in total. The number of hydrogen-bond acceptors (Lipinski definition) is 2. The van der Waals surface area contributed by atoms with Gasteiger partial charge in [0.15, 0.2) is 0 Å². The Morgan fingerprint density at radius 2 is 1.64 bits per heavy atom. The Hall–Kier alpha value is -2.92. The lowest BCUT2D eigenvalue weighted by Crippen LogP contribution is -1.94. The van der Waals surface area contributed by atoms with E-state index in [9.17, 15) is 0 Å². The van der Waals surface area contributed by atoms with Gasteiger partial charge < -0.3 is 9.47 Å². The van der Waals surface area contributed by atoms with Crippen LogP contribution in [0.3, 0.4) is 0 Å². The topological polar surface area (TPSA) is 18.5 Å². The molecule has 0 aliphatic rings. The number of fused-ring (bicyclic) bond motifs is 1. The second-order valence-corrected chi connectivity index (χ2v) is 4.80. The summed E-state index contributed by atoms with van der Waals surface area (Å²) in [6.45, 7) is 0.361. The summed E-state index contributed by atoms with van der Waals surface area (Å²) in [6.07, 6.45) is 0. The standard InChI is InChI=1S/C20H16O2/c1-21-18-13-11-16(12-14-18)6-5-15-22-20-10-4-8-17-7-2-3-9-19(17)20/h2-4,7-14H,15H2,1H3. The Balaban J connectivity index is 1.69. The van der Waals surface area contributed by atoms with Gasteiger partial charge in [-0.2, -0.15) is 0 Å². The molecule has 3 aromatic carbocycles. The lowest BCUT2D eigenvalue weighted by atomic mass is 10.1. The fraction of sp³-hybridized carbons (Fsp3) is 0.100. The van der Waals surface area contributed by atoms with Gasteiger partial charge in [0, 0.05) is 10.9 Å². The van der Waals surface area contributed by atoms with E-state index in [1.165, 1.54) is 5.39 Å². The average Bonchev–Trinajstić information content (AvgIpc) is 2.59. The van der Waals surface area contributed by atoms with Gasteiger partial charge in [-0.3, -0.25) is 0 Å². The Kier molecular flexibility index (Phi) is 4.27. The minimum Gasteiger partial charge on any atom is -0.497 e. The van der Waals surface area contributed by atoms with Crippen molar-refractivity contribution in [2.24, 2.45) is 0 Å². The summed E-state index contributed by atoms with van der Waals surface area (Å²) in [5.74, 6) is 7.82. The molecule has 3 rings (SSSR count). The van der Waals surface area contributed by atoms with E-state index in [0.717, 1.165) is 22.4 Å². The van der Waals surface area contributed by atoms with Crippen molar-refractivity contribution < 1.29 is 9.47 Å². The van der Waals surface area contributed by atoms with Gasteiger partial charge in [0.05, 0.1) is 7.11 Å². The molecule has 0 aliphatic carbocycles. The van der Waals surface area contributed by atoms with E-state index in [1.807, 2.05) is 48.5 Å². The highest BCUT2D eigenvalue weighted by Gasteiger charge is 1.99. The third kappa shape index (κ3) is 3.21. The zero-order valence-electron chi connectivity index (χ0n) is 12.4. The molecule has 0 fully saturated rings. The summed E-state index contributed by atoms with van der Waals surface area (Å²) in [6, 6.07) is 21.9. The van der Waals surface area contributed by atoms with Crippen molar-refractivity contribution in [3.63, 3.8) is 0 Å². The molecule has 0 aromatic heterocycles. The number of methoxy groups -OCH3 is 1. The molecule has 0 bridgehead atoms. The van der Waals surface area contributed by atoms with Crippen LogP contribution < -0.4 is 9.47 Å². The van der Waals surface area contributed by atoms with Gasteiger partial charge in [-0.25, -0.2) is 0 Å². The van der Waals surface area contributed by atoms with E-state index in [4.69, 9.17) is 9.47 Å². The molecule has 108 valence electrons. The first kappa shape index (κ1) is 14.0. The molecule has 0 heterocycles. The SMILES string of the molecule is COc1ccc(C#CCOc2cccc3ccccc23)cc1. The van der Waals surface area contributed by atoms with Crippen LogP contribution in [0.2, 0.25) is 0 Å². The lowest BCUT2D eigenvalue weighted by Gasteiger charge is -2.06. The molecule has 2 heteroatoms. The molecule has 0 saturated heterocycles. The van der Waals surface area contributed by atoms with Crippen LogP contribution in [0.1, 0.15) is 5.56 Å². The van der Waals surface area contributed by atoms with Crippen molar-refractivity contribution in [3.8, 4) is 23.3 Å². The molecule has 0 saturated carbocycles. The van der Waals surface area contributed by atoms with Gasteiger partial charge >= 0.3 is 0 Å². The van der Waals surface area contributed by atoms with Gasteiger partial charge in [-0.05, 0) is 35.7 Å². The molecule has 0 amide bonds. The van der Waals surface area contributed by atoms with Gasteiger partial charge in [0.25, 0.3) is 0 Å². The number of ether oxygens (including phenoxy) is 2. The Morgan fingerprint density at radius 3 is 2.45 bits per heavy atom. The Morgan fingerprint density at radius 1 is 0.864 bits per heavy atom. The summed E-state index contributed by atoms with van der Waals surface area (Å²) in [5, 5.41) is 2.28. The van der Waals surface area contributed by atoms with Crippen molar-refractivity contribution >= 4 is 10.8 Å². The summed E-state index contributed by atoms with van der Waals surface area (Å²) < 4.78 is 10.9. The number of rotatable bonds is 3. The lowest BCUT2D eigenvalue weighted by molar-refractivity contribution is 0.375. The summed E-state index contributed by atoms with van der Waals surface area (Å²) >= 11 is 0. The van der Waals surface area contributed by atoms with Crippen LogP contribution in [0.4, 0.5) is 0 Å². The zero-order chi connectivity index (χ0) is 15.2. The van der Waals surface area contributed by atoms with Crippen LogP contribution in [0, 0.1) is 11.8 Å². The highest BCUT2D eigenvalue weighted by Crippen LogP contribution is 2.24. The molecule has 0 unspecified atom stereocenters. The van der Waals surface area contributed by atoms with Gasteiger partial charge in [-0.1, -0.05) is 48.2 Å². The molecule has 0 aliphatic heterocycles. The van der Waals surface area contributed by atoms with Crippen LogP contribution in [0.25, 0.3) is 10.8 Å². The third-order valence-corrected chi connectivity index (χ3v) is 3.37. The average molecular weight is 288 g/mol. The quantitative estimate of drug-likeness (QED) is 0.670. The minimum atomic E-state index is 0.361. The van der Waals surface area contributed by atoms with Crippen molar-refractivity contribution in [1.29, 1.82) is 0 Å². The molecule has 22 heavy (non-hydrogen) atoms. The Bertz CT molecular complexity index is 818. The first-order valence-corrected chi connectivity index (χ1v) is 7.10. The van der Waals surface area contributed by atoms with Crippen LogP contribution >= 0.6 is 0 Å². The van der Waals surface area contributed by atoms with E-state index < -0.39 is 0 Å². The smallest absolute Gasteiger partial charge is 0.149 e. The van der Waals surface area contributed by atoms with Crippen LogP contribution in [0.15, 0.2) is 66.7 Å². The van der Waals surface area contributed by atoms with E-state index in [2.05, 4.69) is 30.0 Å². The maximum absolute atomic E-state index is 5.79. The molecule has 3 aromatic rings. The molecule has 0 radical (unpaired) electrons. The monoisotopic (exact) mass is 288 g/mol. The van der Waals surface area contributed by atoms with Crippen LogP contribution in [-0.2, 0) is 0 Å². The van der Waals surface area contributed by atoms with E-state index >= 15 is 0 Å². The van der Waals surface area contributed by atoms with Crippen molar-refractivity contribution in [2.75, 3.05) is 13.7 Å². The normalized spacial score (nSPS) is 9.86. The second-order valence-electron chi connectivity index (χ2n) is 4.80.